The van der Waals surface area contributed by atoms with E-state index in [4.69, 9.17) is 4.42 Å². The molecule has 2 heterocycles. The highest BCUT2D eigenvalue weighted by Gasteiger charge is 2.16. The number of hydrogen-bond donors (Lipinski definition) is 2. The predicted octanol–water partition coefficient (Wildman–Crippen LogP) is 0.434. The van der Waals surface area contributed by atoms with Crippen molar-refractivity contribution >= 4 is 11.8 Å². The van der Waals surface area contributed by atoms with E-state index in [0.717, 1.165) is 5.69 Å². The average molecular weight is 276 g/mol. The molecule has 0 aliphatic carbocycles. The van der Waals surface area contributed by atoms with Crippen molar-refractivity contribution in [1.29, 1.82) is 0 Å². The third-order valence-electron chi connectivity index (χ3n) is 2.73. The zero-order valence-corrected chi connectivity index (χ0v) is 11.1. The molecule has 106 valence electrons. The molecule has 0 unspecified atom stereocenters. The number of likely N-dealkylation sites (N-methyl/N-ethyl adjacent to an activating group) is 1. The second-order valence-corrected chi connectivity index (χ2v) is 4.32. The summed E-state index contributed by atoms with van der Waals surface area (Å²) in [6.45, 7) is 0.478. The molecule has 0 aliphatic heterocycles. The highest BCUT2D eigenvalue weighted by Crippen LogP contribution is 2.03. The van der Waals surface area contributed by atoms with Gasteiger partial charge in [0, 0.05) is 31.9 Å². The SMILES string of the molecule is CN(CC(=O)NCCc1cnc[nH]1)C(=O)c1ccco1. The summed E-state index contributed by atoms with van der Waals surface area (Å²) in [6, 6.07) is 3.19. The van der Waals surface area contributed by atoms with E-state index in [1.54, 1.807) is 31.7 Å². The predicted molar refractivity (Wildman–Crippen MR) is 71.0 cm³/mol. The van der Waals surface area contributed by atoms with Crippen molar-refractivity contribution in [1.82, 2.24) is 20.2 Å². The van der Waals surface area contributed by atoms with Crippen LogP contribution in [0.3, 0.4) is 0 Å². The Morgan fingerprint density at radius 1 is 1.50 bits per heavy atom. The van der Waals surface area contributed by atoms with Crippen LogP contribution in [0.5, 0.6) is 0 Å². The molecule has 2 rings (SSSR count). The summed E-state index contributed by atoms with van der Waals surface area (Å²) < 4.78 is 4.99. The van der Waals surface area contributed by atoms with E-state index in [0.29, 0.717) is 13.0 Å². The lowest BCUT2D eigenvalue weighted by Gasteiger charge is -2.15. The van der Waals surface area contributed by atoms with Crippen molar-refractivity contribution in [3.8, 4) is 0 Å². The van der Waals surface area contributed by atoms with Gasteiger partial charge in [-0.1, -0.05) is 0 Å². The van der Waals surface area contributed by atoms with Gasteiger partial charge in [0.25, 0.3) is 5.91 Å². The highest BCUT2D eigenvalue weighted by molar-refractivity contribution is 5.94. The Morgan fingerprint density at radius 2 is 2.35 bits per heavy atom. The fourth-order valence-corrected chi connectivity index (χ4v) is 1.69. The second-order valence-electron chi connectivity index (χ2n) is 4.32. The maximum absolute atomic E-state index is 11.8. The Morgan fingerprint density at radius 3 is 3.00 bits per heavy atom. The van der Waals surface area contributed by atoms with Gasteiger partial charge in [0.2, 0.25) is 5.91 Å². The first-order chi connectivity index (χ1) is 9.66. The van der Waals surface area contributed by atoms with Gasteiger partial charge >= 0.3 is 0 Å². The maximum atomic E-state index is 11.8. The summed E-state index contributed by atoms with van der Waals surface area (Å²) in [5.74, 6) is -0.316. The van der Waals surface area contributed by atoms with Crippen molar-refractivity contribution in [2.45, 2.75) is 6.42 Å². The van der Waals surface area contributed by atoms with Gasteiger partial charge < -0.3 is 19.6 Å². The molecule has 7 nitrogen and oxygen atoms in total. The molecule has 2 aromatic heterocycles. The number of nitrogens with zero attached hydrogens (tertiary/aromatic N) is 2. The van der Waals surface area contributed by atoms with Crippen LogP contribution in [0.2, 0.25) is 0 Å². The normalized spacial score (nSPS) is 10.2. The number of carbonyl (C=O) groups excluding carboxylic acids is 2. The van der Waals surface area contributed by atoms with Crippen LogP contribution in [0.25, 0.3) is 0 Å². The molecule has 0 atom stereocenters. The first-order valence-electron chi connectivity index (χ1n) is 6.19. The third kappa shape index (κ3) is 3.71. The quantitative estimate of drug-likeness (QED) is 0.800. The second kappa shape index (κ2) is 6.55. The molecular weight excluding hydrogens is 260 g/mol. The fraction of sp³-hybridized carbons (Fsp3) is 0.308. The van der Waals surface area contributed by atoms with Crippen LogP contribution in [-0.2, 0) is 11.2 Å². The molecule has 2 N–H and O–H groups in total. The van der Waals surface area contributed by atoms with Crippen molar-refractivity contribution < 1.29 is 14.0 Å². The zero-order chi connectivity index (χ0) is 14.4. The van der Waals surface area contributed by atoms with Crippen LogP contribution in [0.4, 0.5) is 0 Å². The van der Waals surface area contributed by atoms with Gasteiger partial charge in [-0.05, 0) is 12.1 Å². The van der Waals surface area contributed by atoms with Crippen LogP contribution in [0, 0.1) is 0 Å². The van der Waals surface area contributed by atoms with E-state index in [-0.39, 0.29) is 24.1 Å². The Labute approximate surface area is 116 Å². The molecule has 7 heteroatoms. The lowest BCUT2D eigenvalue weighted by molar-refractivity contribution is -0.121. The molecule has 0 aromatic carbocycles. The van der Waals surface area contributed by atoms with Crippen LogP contribution < -0.4 is 5.32 Å². The lowest BCUT2D eigenvalue weighted by Crippen LogP contribution is -2.38. The summed E-state index contributed by atoms with van der Waals surface area (Å²) in [5.41, 5.74) is 0.949. The Bertz CT molecular complexity index is 548. The number of H-pyrrole nitrogens is 1. The van der Waals surface area contributed by atoms with Crippen molar-refractivity contribution in [3.05, 3.63) is 42.4 Å². The number of amides is 2. The first kappa shape index (κ1) is 13.9. The number of aromatic amines is 1. The van der Waals surface area contributed by atoms with Crippen molar-refractivity contribution in [2.24, 2.45) is 0 Å². The Kier molecular flexibility index (Phi) is 4.54. The van der Waals surface area contributed by atoms with Crippen LogP contribution in [0.1, 0.15) is 16.2 Å². The fourth-order valence-electron chi connectivity index (χ4n) is 1.69. The maximum Gasteiger partial charge on any atom is 0.289 e. The number of furan rings is 1. The van der Waals surface area contributed by atoms with E-state index >= 15 is 0 Å². The van der Waals surface area contributed by atoms with Gasteiger partial charge in [0.05, 0.1) is 19.1 Å². The van der Waals surface area contributed by atoms with E-state index in [1.165, 1.54) is 11.2 Å². The Hall–Kier alpha value is -2.57. The van der Waals surface area contributed by atoms with Crippen molar-refractivity contribution in [3.63, 3.8) is 0 Å². The monoisotopic (exact) mass is 276 g/mol. The van der Waals surface area contributed by atoms with Crippen molar-refractivity contribution in [2.75, 3.05) is 20.1 Å². The topological polar surface area (TPSA) is 91.2 Å². The molecule has 0 radical (unpaired) electrons. The Balaban J connectivity index is 1.72. The van der Waals surface area contributed by atoms with E-state index < -0.39 is 0 Å². The largest absolute Gasteiger partial charge is 0.459 e. The molecule has 0 spiro atoms. The summed E-state index contributed by atoms with van der Waals surface area (Å²) >= 11 is 0. The van der Waals surface area contributed by atoms with E-state index in [1.807, 2.05) is 0 Å². The molecule has 0 aliphatic rings. The summed E-state index contributed by atoms with van der Waals surface area (Å²) in [6.07, 6.45) is 5.39. The smallest absolute Gasteiger partial charge is 0.289 e. The molecule has 2 aromatic rings. The molecular formula is C13H16N4O3. The minimum absolute atomic E-state index is 0.0114. The molecule has 0 saturated heterocycles. The zero-order valence-electron chi connectivity index (χ0n) is 11.1. The molecule has 0 saturated carbocycles. The number of hydrogen-bond acceptors (Lipinski definition) is 4. The van der Waals surface area contributed by atoms with Gasteiger partial charge in [-0.2, -0.15) is 0 Å². The summed E-state index contributed by atoms with van der Waals surface area (Å²) in [4.78, 5) is 31.7. The minimum Gasteiger partial charge on any atom is -0.459 e. The molecule has 0 bridgehead atoms. The van der Waals surface area contributed by atoms with Crippen LogP contribution in [0.15, 0.2) is 35.3 Å². The average Bonchev–Trinajstić information content (AvgIpc) is 3.10. The first-order valence-corrected chi connectivity index (χ1v) is 6.19. The molecule has 0 fully saturated rings. The molecule has 20 heavy (non-hydrogen) atoms. The standard InChI is InChI=1S/C13H16N4O3/c1-17(13(19)11-3-2-6-20-11)8-12(18)15-5-4-10-7-14-9-16-10/h2-3,6-7,9H,4-5,8H2,1H3,(H,14,16)(H,15,18). The summed E-state index contributed by atoms with van der Waals surface area (Å²) in [7, 11) is 1.55. The number of imidazole rings is 1. The number of nitrogens with one attached hydrogen (secondary N) is 2. The number of aromatic nitrogens is 2. The number of rotatable bonds is 6. The van der Waals surface area contributed by atoms with E-state index in [9.17, 15) is 9.59 Å². The lowest BCUT2D eigenvalue weighted by atomic mass is 10.3. The van der Waals surface area contributed by atoms with Crippen LogP contribution >= 0.6 is 0 Å². The van der Waals surface area contributed by atoms with Gasteiger partial charge in [-0.3, -0.25) is 9.59 Å². The van der Waals surface area contributed by atoms with Crippen LogP contribution in [-0.4, -0.2) is 46.8 Å². The van der Waals surface area contributed by atoms with Gasteiger partial charge in [0.1, 0.15) is 0 Å². The highest BCUT2D eigenvalue weighted by atomic mass is 16.3. The third-order valence-corrected chi connectivity index (χ3v) is 2.73. The minimum atomic E-state index is -0.321. The number of carbonyl (C=O) groups is 2. The summed E-state index contributed by atoms with van der Waals surface area (Å²) in [5, 5.41) is 2.74. The molecule has 2 amide bonds. The van der Waals surface area contributed by atoms with Gasteiger partial charge in [-0.25, -0.2) is 4.98 Å². The van der Waals surface area contributed by atoms with E-state index in [2.05, 4.69) is 15.3 Å². The van der Waals surface area contributed by atoms with Gasteiger partial charge in [0.15, 0.2) is 5.76 Å². The van der Waals surface area contributed by atoms with Gasteiger partial charge in [-0.15, -0.1) is 0 Å².